The lowest BCUT2D eigenvalue weighted by molar-refractivity contribution is -0.150. The first-order valence-corrected chi connectivity index (χ1v) is 7.66. The number of nitrogens with zero attached hydrogens (tertiary/aromatic N) is 1. The smallest absolute Gasteiger partial charge is 0.343 e. The highest BCUT2D eigenvalue weighted by molar-refractivity contribution is 9.10. The lowest BCUT2D eigenvalue weighted by Gasteiger charge is -2.17. The Morgan fingerprint density at radius 3 is 2.57 bits per heavy atom. The van der Waals surface area contributed by atoms with Crippen molar-refractivity contribution in [3.05, 3.63) is 34.3 Å². The lowest BCUT2D eigenvalue weighted by atomic mass is 10.1. The molecule has 112 valence electrons. The molecule has 2 aliphatic rings. The van der Waals surface area contributed by atoms with Gasteiger partial charge in [0, 0.05) is 23.4 Å². The number of hydrogen-bond acceptors (Lipinski definition) is 2. The van der Waals surface area contributed by atoms with Crippen LogP contribution in [0.1, 0.15) is 24.3 Å². The summed E-state index contributed by atoms with van der Waals surface area (Å²) in [6.07, 6.45) is 0.632. The van der Waals surface area contributed by atoms with Crippen molar-refractivity contribution in [2.24, 2.45) is 5.92 Å². The molecule has 3 atom stereocenters. The van der Waals surface area contributed by atoms with Crippen LogP contribution in [0.3, 0.4) is 0 Å². The number of aliphatic carboxylic acids is 1. The number of halogens is 2. The summed E-state index contributed by atoms with van der Waals surface area (Å²) in [4.78, 5) is 24.6. The van der Waals surface area contributed by atoms with Crippen molar-refractivity contribution in [1.82, 2.24) is 4.90 Å². The van der Waals surface area contributed by atoms with Gasteiger partial charge in [0.15, 0.2) is 0 Å². The van der Waals surface area contributed by atoms with Crippen molar-refractivity contribution < 1.29 is 19.1 Å². The maximum atomic E-state index is 14.0. The fourth-order valence-electron chi connectivity index (χ4n) is 2.92. The van der Waals surface area contributed by atoms with Crippen LogP contribution in [0, 0.1) is 5.92 Å². The second kappa shape index (κ2) is 5.09. The summed E-state index contributed by atoms with van der Waals surface area (Å²) in [7, 11) is 0. The zero-order valence-electron chi connectivity index (χ0n) is 11.3. The number of rotatable bonds is 3. The van der Waals surface area contributed by atoms with Crippen molar-refractivity contribution in [3.63, 3.8) is 0 Å². The van der Waals surface area contributed by atoms with Gasteiger partial charge in [0.1, 0.15) is 0 Å². The maximum Gasteiger partial charge on any atom is 0.343 e. The van der Waals surface area contributed by atoms with E-state index in [-0.39, 0.29) is 37.3 Å². The molecule has 1 saturated heterocycles. The fourth-order valence-corrected chi connectivity index (χ4v) is 3.18. The van der Waals surface area contributed by atoms with Gasteiger partial charge in [-0.15, -0.1) is 0 Å². The Morgan fingerprint density at radius 2 is 2.00 bits per heavy atom. The predicted octanol–water partition coefficient (Wildman–Crippen LogP) is 2.58. The number of alkyl halides is 1. The Hall–Kier alpha value is -1.43. The molecule has 1 N–H and O–H groups in total. The highest BCUT2D eigenvalue weighted by atomic mass is 79.9. The molecule has 0 bridgehead atoms. The fraction of sp³-hybridized carbons (Fsp3) is 0.467. The molecule has 2 fully saturated rings. The van der Waals surface area contributed by atoms with Crippen molar-refractivity contribution in [3.8, 4) is 0 Å². The third kappa shape index (κ3) is 2.69. The molecule has 1 aliphatic carbocycles. The van der Waals surface area contributed by atoms with Gasteiger partial charge in [0.25, 0.3) is 0 Å². The number of benzene rings is 1. The van der Waals surface area contributed by atoms with E-state index >= 15 is 0 Å². The van der Waals surface area contributed by atoms with Crippen LogP contribution < -0.4 is 0 Å². The maximum absolute atomic E-state index is 14.0. The van der Waals surface area contributed by atoms with Crippen molar-refractivity contribution in [2.75, 3.05) is 13.1 Å². The van der Waals surface area contributed by atoms with Gasteiger partial charge in [-0.1, -0.05) is 28.1 Å². The summed E-state index contributed by atoms with van der Waals surface area (Å²) in [6, 6.07) is 7.82. The van der Waals surface area contributed by atoms with Gasteiger partial charge < -0.3 is 10.0 Å². The minimum absolute atomic E-state index is 0.121. The highest BCUT2D eigenvalue weighted by Crippen LogP contribution is 2.49. The van der Waals surface area contributed by atoms with Crippen LogP contribution in [-0.4, -0.2) is 40.6 Å². The summed E-state index contributed by atoms with van der Waals surface area (Å²) >= 11 is 3.37. The Morgan fingerprint density at radius 1 is 1.33 bits per heavy atom. The number of carbonyl (C=O) groups is 2. The first kappa shape index (κ1) is 14.5. The van der Waals surface area contributed by atoms with E-state index in [4.69, 9.17) is 5.11 Å². The molecule has 0 aromatic heterocycles. The van der Waals surface area contributed by atoms with Crippen LogP contribution in [0.2, 0.25) is 0 Å². The average Bonchev–Trinajstić information content (AvgIpc) is 3.14. The van der Waals surface area contributed by atoms with Gasteiger partial charge in [-0.2, -0.15) is 0 Å². The minimum atomic E-state index is -2.28. The summed E-state index contributed by atoms with van der Waals surface area (Å²) in [5.41, 5.74) is -1.18. The average molecular weight is 356 g/mol. The molecular weight excluding hydrogens is 341 g/mol. The normalized spacial score (nSPS) is 31.2. The second-order valence-corrected chi connectivity index (χ2v) is 6.70. The summed E-state index contributed by atoms with van der Waals surface area (Å²) in [6.45, 7) is -0.143. The lowest BCUT2D eigenvalue weighted by Crippen LogP contribution is -2.39. The first-order valence-electron chi connectivity index (χ1n) is 6.87. The van der Waals surface area contributed by atoms with Crippen molar-refractivity contribution in [2.45, 2.75) is 24.4 Å². The molecule has 21 heavy (non-hydrogen) atoms. The van der Waals surface area contributed by atoms with E-state index in [0.29, 0.717) is 0 Å². The molecule has 1 saturated carbocycles. The zero-order valence-corrected chi connectivity index (χ0v) is 12.8. The number of amides is 1. The number of carbonyl (C=O) groups excluding carboxylic acids is 1. The largest absolute Gasteiger partial charge is 0.479 e. The van der Waals surface area contributed by atoms with Crippen LogP contribution in [0.25, 0.3) is 0 Å². The number of hydrogen-bond donors (Lipinski definition) is 1. The van der Waals surface area contributed by atoms with Gasteiger partial charge in [-0.05, 0) is 30.0 Å². The van der Waals surface area contributed by atoms with Gasteiger partial charge in [0.2, 0.25) is 11.6 Å². The molecule has 3 rings (SSSR count). The van der Waals surface area contributed by atoms with E-state index in [1.165, 1.54) is 4.90 Å². The molecule has 1 amide bonds. The zero-order chi connectivity index (χ0) is 15.2. The van der Waals surface area contributed by atoms with E-state index in [9.17, 15) is 14.0 Å². The van der Waals surface area contributed by atoms with E-state index in [1.807, 2.05) is 24.3 Å². The molecule has 0 spiro atoms. The monoisotopic (exact) mass is 355 g/mol. The van der Waals surface area contributed by atoms with Crippen LogP contribution in [0.4, 0.5) is 4.39 Å². The molecule has 1 aliphatic heterocycles. The predicted molar refractivity (Wildman–Crippen MR) is 77.7 cm³/mol. The van der Waals surface area contributed by atoms with E-state index in [0.717, 1.165) is 16.5 Å². The molecular formula is C15H15BrFNO3. The first-order chi connectivity index (χ1) is 9.90. The molecule has 1 heterocycles. The SMILES string of the molecule is O=C(C1CC1c1ccc(Br)cc1)N1CCC(F)(C(=O)O)C1. The molecule has 1 aromatic rings. The van der Waals surface area contributed by atoms with E-state index in [2.05, 4.69) is 15.9 Å². The standard InChI is InChI=1S/C15H15BrFNO3/c16-10-3-1-9(2-4-10)11-7-12(11)13(19)18-6-5-15(17,8-18)14(20)21/h1-4,11-12H,5-8H2,(H,20,21). The van der Waals surface area contributed by atoms with Gasteiger partial charge in [-0.3, -0.25) is 4.79 Å². The highest BCUT2D eigenvalue weighted by Gasteiger charge is 2.52. The summed E-state index contributed by atoms with van der Waals surface area (Å²) < 4.78 is 15.0. The van der Waals surface area contributed by atoms with Gasteiger partial charge in [-0.25, -0.2) is 9.18 Å². The number of carboxylic acid groups (broad SMARTS) is 1. The Kier molecular flexibility index (Phi) is 3.51. The van der Waals surface area contributed by atoms with E-state index in [1.54, 1.807) is 0 Å². The minimum Gasteiger partial charge on any atom is -0.479 e. The molecule has 3 unspecified atom stereocenters. The van der Waals surface area contributed by atoms with Gasteiger partial charge >= 0.3 is 5.97 Å². The van der Waals surface area contributed by atoms with E-state index < -0.39 is 11.6 Å². The van der Waals surface area contributed by atoms with Crippen molar-refractivity contribution in [1.29, 1.82) is 0 Å². The molecule has 4 nitrogen and oxygen atoms in total. The van der Waals surface area contributed by atoms with Crippen molar-refractivity contribution >= 4 is 27.8 Å². The van der Waals surface area contributed by atoms with Crippen LogP contribution in [0.15, 0.2) is 28.7 Å². The quantitative estimate of drug-likeness (QED) is 0.906. The topological polar surface area (TPSA) is 57.6 Å². The molecule has 6 heteroatoms. The molecule has 0 radical (unpaired) electrons. The number of likely N-dealkylation sites (tertiary alicyclic amines) is 1. The third-order valence-corrected chi connectivity index (χ3v) is 4.85. The summed E-state index contributed by atoms with van der Waals surface area (Å²) in [5, 5.41) is 8.86. The van der Waals surface area contributed by atoms with Gasteiger partial charge in [0.05, 0.1) is 6.54 Å². The van der Waals surface area contributed by atoms with Crippen LogP contribution in [-0.2, 0) is 9.59 Å². The second-order valence-electron chi connectivity index (χ2n) is 5.78. The van der Waals surface area contributed by atoms with Crippen LogP contribution >= 0.6 is 15.9 Å². The van der Waals surface area contributed by atoms with Crippen LogP contribution in [0.5, 0.6) is 0 Å². The Bertz CT molecular complexity index is 591. The third-order valence-electron chi connectivity index (χ3n) is 4.32. The Labute approximate surface area is 130 Å². The molecule has 1 aromatic carbocycles. The number of carboxylic acids is 1. The summed E-state index contributed by atoms with van der Waals surface area (Å²) in [5.74, 6) is -1.56. The Balaban J connectivity index is 1.64.